The lowest BCUT2D eigenvalue weighted by molar-refractivity contribution is -0.143. The van der Waals surface area contributed by atoms with Gasteiger partial charge < -0.3 is 15.2 Å². The van der Waals surface area contributed by atoms with Crippen molar-refractivity contribution in [3.05, 3.63) is 0 Å². The van der Waals surface area contributed by atoms with Crippen LogP contribution >= 0.6 is 0 Å². The third-order valence-electron chi connectivity index (χ3n) is 3.01. The molecular weight excluding hydrogens is 224 g/mol. The molecule has 1 saturated heterocycles. The topological polar surface area (TPSA) is 78.9 Å². The maximum atomic E-state index is 11.1. The van der Waals surface area contributed by atoms with Crippen LogP contribution in [0.25, 0.3) is 0 Å². The molecule has 0 aliphatic carbocycles. The van der Waals surface area contributed by atoms with Crippen molar-refractivity contribution in [2.45, 2.75) is 38.3 Å². The normalized spacial score (nSPS) is 22.1. The highest BCUT2D eigenvalue weighted by Crippen LogP contribution is 2.16. The van der Waals surface area contributed by atoms with E-state index in [1.807, 2.05) is 11.8 Å². The number of carboxylic acid groups (broad SMARTS) is 1. The number of carbonyl (C=O) groups is 2. The molecule has 6 nitrogen and oxygen atoms in total. The summed E-state index contributed by atoms with van der Waals surface area (Å²) in [6.45, 7) is 3.24. The van der Waals surface area contributed by atoms with Crippen LogP contribution in [0.2, 0.25) is 0 Å². The first-order valence-electron chi connectivity index (χ1n) is 5.89. The summed E-state index contributed by atoms with van der Waals surface area (Å²) in [5.41, 5.74) is 0. The lowest BCUT2D eigenvalue weighted by Gasteiger charge is -2.23. The van der Waals surface area contributed by atoms with Crippen LogP contribution in [0.5, 0.6) is 0 Å². The van der Waals surface area contributed by atoms with Crippen molar-refractivity contribution in [2.75, 3.05) is 20.2 Å². The first kappa shape index (κ1) is 13.8. The van der Waals surface area contributed by atoms with Gasteiger partial charge in [-0.05, 0) is 12.8 Å². The number of carboxylic acids is 1. The van der Waals surface area contributed by atoms with Crippen molar-refractivity contribution in [3.8, 4) is 0 Å². The third kappa shape index (κ3) is 3.89. The predicted molar refractivity (Wildman–Crippen MR) is 61.9 cm³/mol. The highest BCUT2D eigenvalue weighted by atomic mass is 16.5. The highest BCUT2D eigenvalue weighted by molar-refractivity contribution is 5.73. The van der Waals surface area contributed by atoms with E-state index >= 15 is 0 Å². The Morgan fingerprint density at radius 2 is 2.29 bits per heavy atom. The van der Waals surface area contributed by atoms with Crippen LogP contribution in [-0.2, 0) is 9.53 Å². The second-order valence-electron chi connectivity index (χ2n) is 4.26. The Kier molecular flexibility index (Phi) is 5.21. The second kappa shape index (κ2) is 6.44. The molecule has 98 valence electrons. The van der Waals surface area contributed by atoms with E-state index in [-0.39, 0.29) is 6.04 Å². The first-order valence-corrected chi connectivity index (χ1v) is 5.89. The van der Waals surface area contributed by atoms with E-state index in [1.54, 1.807) is 0 Å². The number of hydrogen-bond acceptors (Lipinski definition) is 4. The van der Waals surface area contributed by atoms with Gasteiger partial charge in [0.05, 0.1) is 7.11 Å². The Labute approximate surface area is 101 Å². The molecule has 2 unspecified atom stereocenters. The van der Waals surface area contributed by atoms with E-state index in [4.69, 9.17) is 5.11 Å². The Morgan fingerprint density at radius 1 is 1.59 bits per heavy atom. The summed E-state index contributed by atoms with van der Waals surface area (Å²) in [5.74, 6) is -0.787. The van der Waals surface area contributed by atoms with Gasteiger partial charge in [0.2, 0.25) is 0 Å². The van der Waals surface area contributed by atoms with Crippen LogP contribution in [0.1, 0.15) is 26.2 Å². The minimum atomic E-state index is -0.787. The Bertz CT molecular complexity index is 283. The van der Waals surface area contributed by atoms with Crippen molar-refractivity contribution in [1.82, 2.24) is 10.2 Å². The van der Waals surface area contributed by atoms with Gasteiger partial charge in [-0.1, -0.05) is 13.3 Å². The highest BCUT2D eigenvalue weighted by Gasteiger charge is 2.32. The zero-order valence-corrected chi connectivity index (χ0v) is 10.3. The van der Waals surface area contributed by atoms with Crippen molar-refractivity contribution in [3.63, 3.8) is 0 Å². The third-order valence-corrected chi connectivity index (χ3v) is 3.01. The smallest absolute Gasteiger partial charge is 0.407 e. The van der Waals surface area contributed by atoms with Gasteiger partial charge in [0.15, 0.2) is 0 Å². The van der Waals surface area contributed by atoms with E-state index in [2.05, 4.69) is 10.1 Å². The molecule has 2 atom stereocenters. The van der Waals surface area contributed by atoms with E-state index in [9.17, 15) is 9.59 Å². The molecule has 1 rings (SSSR count). The average molecular weight is 244 g/mol. The Balaban J connectivity index is 2.47. The summed E-state index contributed by atoms with van der Waals surface area (Å²) in [4.78, 5) is 24.1. The summed E-state index contributed by atoms with van der Waals surface area (Å²) in [7, 11) is 1.32. The number of methoxy groups -OCH3 is 1. The fraction of sp³-hybridized carbons (Fsp3) is 0.818. The van der Waals surface area contributed by atoms with Crippen LogP contribution in [-0.4, -0.2) is 54.4 Å². The molecule has 0 aromatic heterocycles. The van der Waals surface area contributed by atoms with E-state index in [0.29, 0.717) is 19.5 Å². The van der Waals surface area contributed by atoms with Crippen LogP contribution in [0.3, 0.4) is 0 Å². The minimum absolute atomic E-state index is 0.0128. The standard InChI is InChI=1S/C11H20N2O4/c1-3-4-9(10(14)15)13-6-5-8(7-13)12-11(16)17-2/h8-9H,3-7H2,1-2H3,(H,12,16)(H,14,15). The molecule has 1 aliphatic heterocycles. The molecule has 0 spiro atoms. The van der Waals surface area contributed by atoms with E-state index in [1.165, 1.54) is 7.11 Å². The maximum Gasteiger partial charge on any atom is 0.407 e. The van der Waals surface area contributed by atoms with Gasteiger partial charge in [-0.2, -0.15) is 0 Å². The van der Waals surface area contributed by atoms with Crippen LogP contribution in [0, 0.1) is 0 Å². The summed E-state index contributed by atoms with van der Waals surface area (Å²) >= 11 is 0. The van der Waals surface area contributed by atoms with Gasteiger partial charge in [-0.25, -0.2) is 4.79 Å². The number of hydrogen-bond donors (Lipinski definition) is 2. The molecule has 0 aromatic rings. The van der Waals surface area contributed by atoms with Crippen molar-refractivity contribution in [1.29, 1.82) is 0 Å². The number of amides is 1. The number of alkyl carbamates (subject to hydrolysis) is 1. The summed E-state index contributed by atoms with van der Waals surface area (Å²) in [6, 6.07) is -0.453. The number of aliphatic carboxylic acids is 1. The maximum absolute atomic E-state index is 11.1. The monoisotopic (exact) mass is 244 g/mol. The zero-order valence-electron chi connectivity index (χ0n) is 10.3. The average Bonchev–Trinajstić information content (AvgIpc) is 2.73. The van der Waals surface area contributed by atoms with E-state index in [0.717, 1.165) is 12.8 Å². The first-order chi connectivity index (χ1) is 8.08. The number of likely N-dealkylation sites (tertiary alicyclic amines) is 1. The van der Waals surface area contributed by atoms with Gasteiger partial charge in [-0.3, -0.25) is 9.69 Å². The predicted octanol–water partition coefficient (Wildman–Crippen LogP) is 0.670. The lowest BCUT2D eigenvalue weighted by atomic mass is 10.1. The van der Waals surface area contributed by atoms with Crippen molar-refractivity contribution in [2.24, 2.45) is 0 Å². The molecule has 0 radical (unpaired) electrons. The molecule has 0 aromatic carbocycles. The molecular formula is C11H20N2O4. The fourth-order valence-corrected chi connectivity index (χ4v) is 2.15. The molecule has 0 bridgehead atoms. The SMILES string of the molecule is CCCC(C(=O)O)N1CCC(NC(=O)OC)C1. The summed E-state index contributed by atoms with van der Waals surface area (Å²) < 4.78 is 4.52. The number of carbonyl (C=O) groups excluding carboxylic acids is 1. The molecule has 1 aliphatic rings. The largest absolute Gasteiger partial charge is 0.480 e. The molecule has 2 N–H and O–H groups in total. The van der Waals surface area contributed by atoms with Gasteiger partial charge in [-0.15, -0.1) is 0 Å². The summed E-state index contributed by atoms with van der Waals surface area (Å²) in [6.07, 6.45) is 1.78. The number of ether oxygens (including phenoxy) is 1. The van der Waals surface area contributed by atoms with E-state index < -0.39 is 18.1 Å². The molecule has 17 heavy (non-hydrogen) atoms. The van der Waals surface area contributed by atoms with Gasteiger partial charge in [0.1, 0.15) is 6.04 Å². The van der Waals surface area contributed by atoms with Crippen LogP contribution < -0.4 is 5.32 Å². The molecule has 1 fully saturated rings. The Hall–Kier alpha value is -1.30. The zero-order chi connectivity index (χ0) is 12.8. The second-order valence-corrected chi connectivity index (χ2v) is 4.26. The lowest BCUT2D eigenvalue weighted by Crippen LogP contribution is -2.43. The minimum Gasteiger partial charge on any atom is -0.480 e. The molecule has 1 amide bonds. The quantitative estimate of drug-likeness (QED) is 0.743. The number of nitrogens with one attached hydrogen (secondary N) is 1. The van der Waals surface area contributed by atoms with Gasteiger partial charge in [0, 0.05) is 19.1 Å². The summed E-state index contributed by atoms with van der Waals surface area (Å²) in [5, 5.41) is 11.8. The molecule has 1 heterocycles. The number of nitrogens with zero attached hydrogens (tertiary/aromatic N) is 1. The fourth-order valence-electron chi connectivity index (χ4n) is 2.15. The molecule has 0 saturated carbocycles. The van der Waals surface area contributed by atoms with Gasteiger partial charge in [0.25, 0.3) is 0 Å². The van der Waals surface area contributed by atoms with Crippen LogP contribution in [0.4, 0.5) is 4.79 Å². The van der Waals surface area contributed by atoms with Crippen LogP contribution in [0.15, 0.2) is 0 Å². The molecule has 6 heteroatoms. The van der Waals surface area contributed by atoms with Crippen molar-refractivity contribution < 1.29 is 19.4 Å². The number of rotatable bonds is 5. The van der Waals surface area contributed by atoms with Gasteiger partial charge >= 0.3 is 12.1 Å². The Morgan fingerprint density at radius 3 is 2.82 bits per heavy atom. The van der Waals surface area contributed by atoms with Crippen molar-refractivity contribution >= 4 is 12.1 Å².